The average molecular weight is 441 g/mol. The number of nitrogens with two attached hydrogens (primary N) is 1. The normalized spacial score (nSPS) is 15.4. The van der Waals surface area contributed by atoms with E-state index in [1.165, 1.54) is 0 Å². The number of H-pyrrole nitrogens is 1. The summed E-state index contributed by atoms with van der Waals surface area (Å²) in [5.41, 5.74) is 9.93. The lowest BCUT2D eigenvalue weighted by Gasteiger charge is -2.39. The molecule has 6 nitrogen and oxygen atoms in total. The maximum atomic E-state index is 6.60. The van der Waals surface area contributed by atoms with Gasteiger partial charge in [0.05, 0.1) is 9.90 Å². The SMILES string of the molecule is COCOC1(c2ncc(-c3c(Cl)cnc4[nH]c(-c5ccc(N)cc5)cc34)s2)CCC1. The zero-order valence-corrected chi connectivity index (χ0v) is 18.0. The van der Waals surface area contributed by atoms with Crippen molar-refractivity contribution in [3.8, 4) is 21.7 Å². The minimum atomic E-state index is -0.342. The quantitative estimate of drug-likeness (QED) is 0.301. The number of aromatic amines is 1. The Morgan fingerprint density at radius 1 is 1.20 bits per heavy atom. The van der Waals surface area contributed by atoms with Gasteiger partial charge in [0, 0.05) is 41.8 Å². The van der Waals surface area contributed by atoms with E-state index in [2.05, 4.69) is 16.0 Å². The lowest BCUT2D eigenvalue weighted by atomic mass is 9.80. The fourth-order valence-electron chi connectivity index (χ4n) is 3.81. The molecule has 0 atom stereocenters. The Morgan fingerprint density at radius 3 is 2.70 bits per heavy atom. The first-order valence-electron chi connectivity index (χ1n) is 9.72. The number of methoxy groups -OCH3 is 1. The summed E-state index contributed by atoms with van der Waals surface area (Å²) in [4.78, 5) is 13.6. The summed E-state index contributed by atoms with van der Waals surface area (Å²) in [6.45, 7) is 0.262. The van der Waals surface area contributed by atoms with Crippen LogP contribution in [0.25, 0.3) is 32.7 Å². The van der Waals surface area contributed by atoms with Gasteiger partial charge < -0.3 is 20.2 Å². The van der Waals surface area contributed by atoms with Gasteiger partial charge in [-0.25, -0.2) is 9.97 Å². The van der Waals surface area contributed by atoms with Crippen molar-refractivity contribution in [3.05, 3.63) is 52.8 Å². The van der Waals surface area contributed by atoms with Crippen LogP contribution >= 0.6 is 22.9 Å². The Labute approximate surface area is 183 Å². The fraction of sp³-hybridized carbons (Fsp3) is 0.273. The number of hydrogen-bond acceptors (Lipinski definition) is 6. The van der Waals surface area contributed by atoms with Crippen molar-refractivity contribution in [2.75, 3.05) is 19.6 Å². The number of nitrogens with zero attached hydrogens (tertiary/aromatic N) is 2. The van der Waals surface area contributed by atoms with E-state index in [9.17, 15) is 0 Å². The van der Waals surface area contributed by atoms with Crippen LogP contribution in [0.4, 0.5) is 5.69 Å². The van der Waals surface area contributed by atoms with Gasteiger partial charge in [-0.1, -0.05) is 23.7 Å². The van der Waals surface area contributed by atoms with Crippen LogP contribution in [0.15, 0.2) is 42.7 Å². The number of fused-ring (bicyclic) bond motifs is 1. The van der Waals surface area contributed by atoms with E-state index in [4.69, 9.17) is 31.8 Å². The number of aromatic nitrogens is 3. The molecule has 3 N–H and O–H groups in total. The molecule has 4 aromatic rings. The predicted molar refractivity (Wildman–Crippen MR) is 121 cm³/mol. The summed E-state index contributed by atoms with van der Waals surface area (Å²) < 4.78 is 11.1. The lowest BCUT2D eigenvalue weighted by molar-refractivity contribution is -0.171. The van der Waals surface area contributed by atoms with Gasteiger partial charge in [-0.05, 0) is 43.0 Å². The Hall–Kier alpha value is -2.45. The standard InChI is InChI=1S/C22H21ClN4O2S/c1-28-12-29-22(7-2-8-22)21-26-11-18(30-21)19-15-9-17(13-3-5-14(24)6-4-13)27-20(15)25-10-16(19)23/h3-6,9-11H,2,7-8,12,24H2,1H3,(H,25,27). The van der Waals surface area contributed by atoms with Crippen molar-refractivity contribution in [1.29, 1.82) is 0 Å². The van der Waals surface area contributed by atoms with Gasteiger partial charge in [0.25, 0.3) is 0 Å². The van der Waals surface area contributed by atoms with Crippen LogP contribution in [0.5, 0.6) is 0 Å². The number of anilines is 1. The number of halogens is 1. The Bertz CT molecular complexity index is 1200. The largest absolute Gasteiger partial charge is 0.399 e. The molecule has 1 aromatic carbocycles. The average Bonchev–Trinajstić information content (AvgIpc) is 3.35. The van der Waals surface area contributed by atoms with Gasteiger partial charge in [-0.2, -0.15) is 0 Å². The number of pyridine rings is 1. The maximum absolute atomic E-state index is 6.60. The van der Waals surface area contributed by atoms with Crippen molar-refractivity contribution in [1.82, 2.24) is 15.0 Å². The zero-order chi connectivity index (χ0) is 20.7. The van der Waals surface area contributed by atoms with Crippen LogP contribution < -0.4 is 5.73 Å². The third-order valence-electron chi connectivity index (χ3n) is 5.59. The summed E-state index contributed by atoms with van der Waals surface area (Å²) in [6, 6.07) is 9.82. The Morgan fingerprint density at radius 2 is 2.00 bits per heavy atom. The van der Waals surface area contributed by atoms with Crippen molar-refractivity contribution in [2.24, 2.45) is 0 Å². The molecule has 1 aliphatic rings. The molecule has 3 aromatic heterocycles. The molecule has 1 saturated carbocycles. The molecular weight excluding hydrogens is 420 g/mol. The number of rotatable bonds is 6. The van der Waals surface area contributed by atoms with Crippen LogP contribution in [-0.4, -0.2) is 28.9 Å². The minimum absolute atomic E-state index is 0.262. The summed E-state index contributed by atoms with van der Waals surface area (Å²) in [5, 5.41) is 2.53. The molecule has 0 radical (unpaired) electrons. The number of nitrogen functional groups attached to an aromatic ring is 1. The van der Waals surface area contributed by atoms with Crippen LogP contribution in [0.2, 0.25) is 5.02 Å². The van der Waals surface area contributed by atoms with Gasteiger partial charge in [0.2, 0.25) is 0 Å². The summed E-state index contributed by atoms with van der Waals surface area (Å²) >= 11 is 8.22. The van der Waals surface area contributed by atoms with Crippen LogP contribution in [0.3, 0.4) is 0 Å². The summed E-state index contributed by atoms with van der Waals surface area (Å²) in [5.74, 6) is 0. The maximum Gasteiger partial charge on any atom is 0.147 e. The highest BCUT2D eigenvalue weighted by Gasteiger charge is 2.42. The number of ether oxygens (including phenoxy) is 2. The zero-order valence-electron chi connectivity index (χ0n) is 16.4. The van der Waals surface area contributed by atoms with E-state index in [1.807, 2.05) is 30.5 Å². The van der Waals surface area contributed by atoms with E-state index in [0.717, 1.165) is 62.7 Å². The van der Waals surface area contributed by atoms with E-state index < -0.39 is 0 Å². The molecule has 8 heteroatoms. The summed E-state index contributed by atoms with van der Waals surface area (Å²) in [6.07, 6.45) is 6.60. The molecule has 5 rings (SSSR count). The molecule has 30 heavy (non-hydrogen) atoms. The van der Waals surface area contributed by atoms with Crippen LogP contribution in [0, 0.1) is 0 Å². The molecular formula is C22H21ClN4O2S. The molecule has 0 saturated heterocycles. The molecule has 3 heterocycles. The third kappa shape index (κ3) is 3.28. The first kappa shape index (κ1) is 19.5. The van der Waals surface area contributed by atoms with Crippen molar-refractivity contribution in [2.45, 2.75) is 24.9 Å². The van der Waals surface area contributed by atoms with Gasteiger partial charge in [-0.15, -0.1) is 11.3 Å². The number of benzene rings is 1. The molecule has 0 spiro atoms. The summed E-state index contributed by atoms with van der Waals surface area (Å²) in [7, 11) is 1.64. The fourth-order valence-corrected chi connectivity index (χ4v) is 5.31. The Balaban J connectivity index is 1.57. The monoisotopic (exact) mass is 440 g/mol. The van der Waals surface area contributed by atoms with Crippen LogP contribution in [-0.2, 0) is 15.1 Å². The molecule has 154 valence electrons. The number of thiazole rings is 1. The first-order valence-corrected chi connectivity index (χ1v) is 10.9. The van der Waals surface area contributed by atoms with Gasteiger partial charge in [0.1, 0.15) is 23.0 Å². The number of hydrogen-bond donors (Lipinski definition) is 2. The van der Waals surface area contributed by atoms with E-state index in [-0.39, 0.29) is 12.4 Å². The lowest BCUT2D eigenvalue weighted by Crippen LogP contribution is -2.37. The van der Waals surface area contributed by atoms with E-state index in [0.29, 0.717) is 5.02 Å². The molecule has 1 aliphatic carbocycles. The number of nitrogens with one attached hydrogen (secondary N) is 1. The highest BCUT2D eigenvalue weighted by Crippen LogP contribution is 2.48. The molecule has 0 bridgehead atoms. The van der Waals surface area contributed by atoms with Gasteiger partial charge in [-0.3, -0.25) is 0 Å². The van der Waals surface area contributed by atoms with Crippen molar-refractivity contribution < 1.29 is 9.47 Å². The third-order valence-corrected chi connectivity index (χ3v) is 7.08. The molecule has 1 fully saturated rings. The van der Waals surface area contributed by atoms with Crippen molar-refractivity contribution >= 4 is 39.7 Å². The highest BCUT2D eigenvalue weighted by atomic mass is 35.5. The second-order valence-electron chi connectivity index (χ2n) is 7.48. The highest BCUT2D eigenvalue weighted by molar-refractivity contribution is 7.15. The molecule has 0 amide bonds. The van der Waals surface area contributed by atoms with Gasteiger partial charge in [0.15, 0.2) is 0 Å². The second-order valence-corrected chi connectivity index (χ2v) is 8.91. The first-order chi connectivity index (χ1) is 14.6. The Kier molecular flexibility index (Phi) is 4.99. The van der Waals surface area contributed by atoms with Crippen LogP contribution in [0.1, 0.15) is 24.3 Å². The van der Waals surface area contributed by atoms with E-state index in [1.54, 1.807) is 24.6 Å². The smallest absolute Gasteiger partial charge is 0.147 e. The predicted octanol–water partition coefficient (Wildman–Crippen LogP) is 5.59. The minimum Gasteiger partial charge on any atom is -0.399 e. The molecule has 0 aliphatic heterocycles. The van der Waals surface area contributed by atoms with Gasteiger partial charge >= 0.3 is 0 Å². The molecule has 0 unspecified atom stereocenters. The van der Waals surface area contributed by atoms with E-state index >= 15 is 0 Å². The topological polar surface area (TPSA) is 86.0 Å². The second kappa shape index (κ2) is 7.67. The van der Waals surface area contributed by atoms with Crippen molar-refractivity contribution in [3.63, 3.8) is 0 Å².